The Morgan fingerprint density at radius 3 is 2.44 bits per heavy atom. The monoisotopic (exact) mass is 376 g/mol. The molecule has 27 heavy (non-hydrogen) atoms. The number of amides is 2. The molecule has 0 saturated carbocycles. The van der Waals surface area contributed by atoms with Crippen LogP contribution in [0.5, 0.6) is 0 Å². The average Bonchev–Trinajstić information content (AvgIpc) is 3.16. The maximum atomic E-state index is 13.3. The normalized spacial score (nSPS) is 21.6. The molecule has 0 radical (unpaired) electrons. The Labute approximate surface area is 160 Å². The van der Waals surface area contributed by atoms with E-state index in [1.165, 1.54) is 12.1 Å². The van der Waals surface area contributed by atoms with Crippen molar-refractivity contribution in [3.63, 3.8) is 0 Å². The van der Waals surface area contributed by atoms with Crippen molar-refractivity contribution in [3.8, 4) is 0 Å². The van der Waals surface area contributed by atoms with Crippen LogP contribution in [0.2, 0.25) is 0 Å². The zero-order valence-electron chi connectivity index (χ0n) is 16.2. The summed E-state index contributed by atoms with van der Waals surface area (Å²) in [6.07, 6.45) is 1.93. The number of likely N-dealkylation sites (tertiary alicyclic amines) is 1. The Bertz CT molecular complexity index is 656. The van der Waals surface area contributed by atoms with E-state index in [0.717, 1.165) is 18.4 Å². The second-order valence-electron chi connectivity index (χ2n) is 7.79. The number of halogens is 1. The van der Waals surface area contributed by atoms with Crippen molar-refractivity contribution in [3.05, 3.63) is 35.6 Å². The van der Waals surface area contributed by atoms with Gasteiger partial charge in [-0.1, -0.05) is 26.0 Å². The Hall–Kier alpha value is -1.95. The van der Waals surface area contributed by atoms with Gasteiger partial charge in [-0.15, -0.1) is 0 Å². The molecule has 2 heterocycles. The summed E-state index contributed by atoms with van der Waals surface area (Å²) < 4.78 is 18.6. The van der Waals surface area contributed by atoms with Crippen LogP contribution in [0.15, 0.2) is 24.3 Å². The second kappa shape index (κ2) is 8.83. The van der Waals surface area contributed by atoms with Crippen LogP contribution in [0, 0.1) is 11.7 Å². The second-order valence-corrected chi connectivity index (χ2v) is 7.79. The molecule has 0 aromatic heterocycles. The molecule has 6 heteroatoms. The van der Waals surface area contributed by atoms with Crippen LogP contribution in [0.1, 0.15) is 44.6 Å². The van der Waals surface area contributed by atoms with Gasteiger partial charge in [0.1, 0.15) is 11.9 Å². The van der Waals surface area contributed by atoms with E-state index in [1.54, 1.807) is 17.0 Å². The first-order valence-corrected chi connectivity index (χ1v) is 9.89. The Balaban J connectivity index is 1.69. The number of benzene rings is 1. The minimum Gasteiger partial charge on any atom is -0.378 e. The van der Waals surface area contributed by atoms with Gasteiger partial charge in [0.25, 0.3) is 0 Å². The molecule has 148 valence electrons. The molecule has 2 atom stereocenters. The first-order chi connectivity index (χ1) is 13.0. The number of carbonyl (C=O) groups excluding carboxylic acids is 2. The maximum Gasteiger partial charge on any atom is 0.245 e. The van der Waals surface area contributed by atoms with Crippen molar-refractivity contribution < 1.29 is 18.7 Å². The van der Waals surface area contributed by atoms with E-state index in [0.29, 0.717) is 39.3 Å². The molecule has 2 fully saturated rings. The predicted octanol–water partition coefficient (Wildman–Crippen LogP) is 2.81. The lowest BCUT2D eigenvalue weighted by Crippen LogP contribution is -2.51. The highest BCUT2D eigenvalue weighted by molar-refractivity contribution is 5.88. The highest BCUT2D eigenvalue weighted by atomic mass is 19.1. The van der Waals surface area contributed by atoms with Gasteiger partial charge in [0.15, 0.2) is 0 Å². The third-order valence-electron chi connectivity index (χ3n) is 5.68. The van der Waals surface area contributed by atoms with Crippen molar-refractivity contribution in [1.82, 2.24) is 9.80 Å². The van der Waals surface area contributed by atoms with Crippen molar-refractivity contribution in [2.24, 2.45) is 5.92 Å². The lowest BCUT2D eigenvalue weighted by molar-refractivity contribution is -0.146. The Morgan fingerprint density at radius 1 is 1.15 bits per heavy atom. The number of morpholine rings is 1. The Kier molecular flexibility index (Phi) is 6.47. The van der Waals surface area contributed by atoms with Gasteiger partial charge in [0.2, 0.25) is 11.8 Å². The smallest absolute Gasteiger partial charge is 0.245 e. The summed E-state index contributed by atoms with van der Waals surface area (Å²) >= 11 is 0. The van der Waals surface area contributed by atoms with Gasteiger partial charge < -0.3 is 14.5 Å². The van der Waals surface area contributed by atoms with Gasteiger partial charge in [-0.3, -0.25) is 9.59 Å². The standard InChI is InChI=1S/C21H29FN2O3/c1-15(2)18(16-5-7-17(22)8-6-16)14-20(25)24-9-3-4-19(24)21(26)23-10-12-27-13-11-23/h5-8,15,18-19H,3-4,9-14H2,1-2H3/t18?,19-/m0/s1. The maximum absolute atomic E-state index is 13.3. The Morgan fingerprint density at radius 2 is 1.81 bits per heavy atom. The number of nitrogens with zero attached hydrogens (tertiary/aromatic N) is 2. The van der Waals surface area contributed by atoms with Crippen LogP contribution in [0.4, 0.5) is 4.39 Å². The van der Waals surface area contributed by atoms with E-state index in [1.807, 2.05) is 4.90 Å². The van der Waals surface area contributed by atoms with Gasteiger partial charge in [0, 0.05) is 26.1 Å². The van der Waals surface area contributed by atoms with Crippen LogP contribution < -0.4 is 0 Å². The van der Waals surface area contributed by atoms with Gasteiger partial charge in [-0.2, -0.15) is 0 Å². The zero-order chi connectivity index (χ0) is 19.4. The van der Waals surface area contributed by atoms with E-state index in [2.05, 4.69) is 13.8 Å². The quantitative estimate of drug-likeness (QED) is 0.794. The van der Waals surface area contributed by atoms with Crippen LogP contribution in [-0.4, -0.2) is 60.5 Å². The fraction of sp³-hybridized carbons (Fsp3) is 0.619. The zero-order valence-corrected chi connectivity index (χ0v) is 16.2. The highest BCUT2D eigenvalue weighted by Crippen LogP contribution is 2.31. The van der Waals surface area contributed by atoms with Crippen molar-refractivity contribution in [1.29, 1.82) is 0 Å². The lowest BCUT2D eigenvalue weighted by atomic mass is 9.85. The number of carbonyl (C=O) groups is 2. The molecule has 2 aliphatic heterocycles. The topological polar surface area (TPSA) is 49.9 Å². The summed E-state index contributed by atoms with van der Waals surface area (Å²) in [6.45, 7) is 7.10. The predicted molar refractivity (Wildman–Crippen MR) is 101 cm³/mol. The van der Waals surface area contributed by atoms with E-state index >= 15 is 0 Å². The molecule has 2 aliphatic rings. The fourth-order valence-electron chi connectivity index (χ4n) is 4.07. The van der Waals surface area contributed by atoms with Gasteiger partial charge in [-0.25, -0.2) is 4.39 Å². The van der Waals surface area contributed by atoms with Gasteiger partial charge in [0.05, 0.1) is 13.2 Å². The summed E-state index contributed by atoms with van der Waals surface area (Å²) in [7, 11) is 0. The van der Waals surface area contributed by atoms with E-state index < -0.39 is 0 Å². The molecule has 2 amide bonds. The molecule has 3 rings (SSSR count). The molecule has 2 saturated heterocycles. The average molecular weight is 376 g/mol. The van der Waals surface area contributed by atoms with Crippen LogP contribution in [-0.2, 0) is 14.3 Å². The van der Waals surface area contributed by atoms with Gasteiger partial charge in [-0.05, 0) is 42.4 Å². The molecule has 0 bridgehead atoms. The molecular formula is C21H29FN2O3. The third kappa shape index (κ3) is 4.67. The van der Waals surface area contributed by atoms with Crippen LogP contribution >= 0.6 is 0 Å². The van der Waals surface area contributed by atoms with E-state index in [9.17, 15) is 14.0 Å². The molecule has 5 nitrogen and oxygen atoms in total. The lowest BCUT2D eigenvalue weighted by Gasteiger charge is -2.33. The highest BCUT2D eigenvalue weighted by Gasteiger charge is 2.37. The van der Waals surface area contributed by atoms with Crippen LogP contribution in [0.3, 0.4) is 0 Å². The number of hydrogen-bond donors (Lipinski definition) is 0. The minimum absolute atomic E-state index is 0.0119. The SMILES string of the molecule is CC(C)C(CC(=O)N1CCC[C@H]1C(=O)N1CCOCC1)c1ccc(F)cc1. The summed E-state index contributed by atoms with van der Waals surface area (Å²) in [5.41, 5.74) is 0.968. The number of rotatable bonds is 5. The van der Waals surface area contributed by atoms with E-state index in [-0.39, 0.29) is 35.5 Å². The van der Waals surface area contributed by atoms with Gasteiger partial charge >= 0.3 is 0 Å². The molecule has 0 aliphatic carbocycles. The summed E-state index contributed by atoms with van der Waals surface area (Å²) in [4.78, 5) is 29.5. The third-order valence-corrected chi connectivity index (χ3v) is 5.68. The van der Waals surface area contributed by atoms with Crippen LogP contribution in [0.25, 0.3) is 0 Å². The summed E-state index contributed by atoms with van der Waals surface area (Å²) in [5, 5.41) is 0. The summed E-state index contributed by atoms with van der Waals surface area (Å²) in [5.74, 6) is 0.0470. The first kappa shape index (κ1) is 19.8. The van der Waals surface area contributed by atoms with Crippen molar-refractivity contribution in [2.75, 3.05) is 32.8 Å². The molecule has 1 aromatic carbocycles. The van der Waals surface area contributed by atoms with E-state index in [4.69, 9.17) is 4.74 Å². The van der Waals surface area contributed by atoms with Crippen molar-refractivity contribution in [2.45, 2.75) is 45.1 Å². The first-order valence-electron chi connectivity index (χ1n) is 9.89. The number of hydrogen-bond acceptors (Lipinski definition) is 3. The molecule has 1 unspecified atom stereocenters. The molecule has 1 aromatic rings. The minimum atomic E-state index is -0.350. The molecular weight excluding hydrogens is 347 g/mol. The van der Waals surface area contributed by atoms with Crippen molar-refractivity contribution >= 4 is 11.8 Å². The molecule has 0 spiro atoms. The largest absolute Gasteiger partial charge is 0.378 e. The summed E-state index contributed by atoms with van der Waals surface area (Å²) in [6, 6.07) is 6.05. The fourth-order valence-corrected chi connectivity index (χ4v) is 4.07. The number of ether oxygens (including phenoxy) is 1. The molecule has 0 N–H and O–H groups in total.